The first kappa shape index (κ1) is 12.5. The molecule has 2 N–H and O–H groups in total. The fourth-order valence-electron chi connectivity index (χ4n) is 2.33. The summed E-state index contributed by atoms with van der Waals surface area (Å²) in [4.78, 5) is 15.3. The molecule has 1 heterocycles. The highest BCUT2D eigenvalue weighted by Gasteiger charge is 2.09. The molecule has 0 radical (unpaired) electrons. The standard InChI is InChI=1S/C17H16N2O/c20-17(19-11-9-13-5-2-1-3-6-13)15-8-4-7-14-10-12-18-16(14)15/h1-8,10,12,18H,9,11H2,(H,19,20). The summed E-state index contributed by atoms with van der Waals surface area (Å²) in [6, 6.07) is 17.9. The molecule has 0 spiro atoms. The van der Waals surface area contributed by atoms with Crippen LogP contribution >= 0.6 is 0 Å². The average molecular weight is 264 g/mol. The van der Waals surface area contributed by atoms with Crippen molar-refractivity contribution in [3.8, 4) is 0 Å². The first-order valence-corrected chi connectivity index (χ1v) is 6.73. The summed E-state index contributed by atoms with van der Waals surface area (Å²) in [5.74, 6) is -0.0334. The lowest BCUT2D eigenvalue weighted by Gasteiger charge is -2.06. The van der Waals surface area contributed by atoms with Gasteiger partial charge in [-0.1, -0.05) is 42.5 Å². The minimum absolute atomic E-state index is 0.0334. The van der Waals surface area contributed by atoms with E-state index in [2.05, 4.69) is 22.4 Å². The van der Waals surface area contributed by atoms with Crippen LogP contribution in [0.5, 0.6) is 0 Å². The predicted octanol–water partition coefficient (Wildman–Crippen LogP) is 3.14. The Morgan fingerprint density at radius 3 is 2.70 bits per heavy atom. The first-order valence-electron chi connectivity index (χ1n) is 6.73. The Balaban J connectivity index is 1.66. The molecular weight excluding hydrogens is 248 g/mol. The molecule has 0 aliphatic rings. The molecule has 20 heavy (non-hydrogen) atoms. The van der Waals surface area contributed by atoms with Crippen LogP contribution in [0.15, 0.2) is 60.8 Å². The molecule has 3 heteroatoms. The Kier molecular flexibility index (Phi) is 3.50. The largest absolute Gasteiger partial charge is 0.361 e. The molecule has 3 rings (SSSR count). The van der Waals surface area contributed by atoms with Gasteiger partial charge in [0.15, 0.2) is 0 Å². The van der Waals surface area contributed by atoms with E-state index in [0.29, 0.717) is 12.1 Å². The van der Waals surface area contributed by atoms with Crippen LogP contribution in [0.1, 0.15) is 15.9 Å². The number of para-hydroxylation sites is 1. The van der Waals surface area contributed by atoms with Gasteiger partial charge in [-0.25, -0.2) is 0 Å². The molecule has 100 valence electrons. The van der Waals surface area contributed by atoms with Gasteiger partial charge in [-0.3, -0.25) is 4.79 Å². The van der Waals surface area contributed by atoms with Crippen molar-refractivity contribution in [2.75, 3.05) is 6.54 Å². The maximum absolute atomic E-state index is 12.2. The van der Waals surface area contributed by atoms with Crippen molar-refractivity contribution in [2.45, 2.75) is 6.42 Å². The van der Waals surface area contributed by atoms with E-state index in [-0.39, 0.29) is 5.91 Å². The Morgan fingerprint density at radius 1 is 1.00 bits per heavy atom. The number of carbonyl (C=O) groups is 1. The van der Waals surface area contributed by atoms with E-state index in [0.717, 1.165) is 17.3 Å². The zero-order chi connectivity index (χ0) is 13.8. The highest BCUT2D eigenvalue weighted by molar-refractivity contribution is 6.05. The molecule has 0 bridgehead atoms. The van der Waals surface area contributed by atoms with Gasteiger partial charge >= 0.3 is 0 Å². The van der Waals surface area contributed by atoms with E-state index in [1.807, 2.05) is 48.7 Å². The molecule has 1 aromatic heterocycles. The van der Waals surface area contributed by atoms with Crippen molar-refractivity contribution in [1.29, 1.82) is 0 Å². The normalized spacial score (nSPS) is 10.6. The third kappa shape index (κ3) is 2.57. The topological polar surface area (TPSA) is 44.9 Å². The quantitative estimate of drug-likeness (QED) is 0.747. The van der Waals surface area contributed by atoms with Crippen molar-refractivity contribution >= 4 is 16.8 Å². The summed E-state index contributed by atoms with van der Waals surface area (Å²) < 4.78 is 0. The Hall–Kier alpha value is -2.55. The van der Waals surface area contributed by atoms with E-state index in [1.54, 1.807) is 0 Å². The summed E-state index contributed by atoms with van der Waals surface area (Å²) in [5, 5.41) is 4.03. The lowest BCUT2D eigenvalue weighted by atomic mass is 10.1. The number of rotatable bonds is 4. The van der Waals surface area contributed by atoms with Crippen LogP contribution in [0.3, 0.4) is 0 Å². The molecule has 0 saturated heterocycles. The van der Waals surface area contributed by atoms with Crippen LogP contribution in [-0.2, 0) is 6.42 Å². The molecule has 2 aromatic carbocycles. The lowest BCUT2D eigenvalue weighted by Crippen LogP contribution is -2.25. The monoisotopic (exact) mass is 264 g/mol. The van der Waals surface area contributed by atoms with Gasteiger partial charge in [-0.05, 0) is 24.1 Å². The highest BCUT2D eigenvalue weighted by Crippen LogP contribution is 2.16. The zero-order valence-electron chi connectivity index (χ0n) is 11.1. The lowest BCUT2D eigenvalue weighted by molar-refractivity contribution is 0.0955. The predicted molar refractivity (Wildman–Crippen MR) is 80.8 cm³/mol. The van der Waals surface area contributed by atoms with Gasteiger partial charge in [0, 0.05) is 18.1 Å². The fraction of sp³-hybridized carbons (Fsp3) is 0.118. The summed E-state index contributed by atoms with van der Waals surface area (Å²) in [5.41, 5.74) is 2.82. The number of hydrogen-bond donors (Lipinski definition) is 2. The highest BCUT2D eigenvalue weighted by atomic mass is 16.1. The number of H-pyrrole nitrogens is 1. The number of fused-ring (bicyclic) bond motifs is 1. The Morgan fingerprint density at radius 2 is 1.85 bits per heavy atom. The molecule has 0 aliphatic heterocycles. The van der Waals surface area contributed by atoms with Crippen molar-refractivity contribution in [1.82, 2.24) is 10.3 Å². The summed E-state index contributed by atoms with van der Waals surface area (Å²) in [7, 11) is 0. The Labute approximate surface area is 117 Å². The molecule has 0 fully saturated rings. The van der Waals surface area contributed by atoms with Gasteiger partial charge in [0.25, 0.3) is 5.91 Å². The minimum atomic E-state index is -0.0334. The molecule has 3 aromatic rings. The van der Waals surface area contributed by atoms with Crippen LogP contribution < -0.4 is 5.32 Å². The Bertz CT molecular complexity index is 716. The number of benzene rings is 2. The van der Waals surface area contributed by atoms with Gasteiger partial charge < -0.3 is 10.3 Å². The smallest absolute Gasteiger partial charge is 0.253 e. The van der Waals surface area contributed by atoms with Crippen molar-refractivity contribution < 1.29 is 4.79 Å². The summed E-state index contributed by atoms with van der Waals surface area (Å²) in [6.07, 6.45) is 2.69. The second-order valence-corrected chi connectivity index (χ2v) is 4.74. The maximum atomic E-state index is 12.2. The van der Waals surface area contributed by atoms with E-state index < -0.39 is 0 Å². The third-order valence-electron chi connectivity index (χ3n) is 3.37. The number of nitrogens with one attached hydrogen (secondary N) is 2. The number of carbonyl (C=O) groups excluding carboxylic acids is 1. The summed E-state index contributed by atoms with van der Waals surface area (Å²) in [6.45, 7) is 0.639. The van der Waals surface area contributed by atoms with Gasteiger partial charge in [0.1, 0.15) is 0 Å². The second-order valence-electron chi connectivity index (χ2n) is 4.74. The SMILES string of the molecule is O=C(NCCc1ccccc1)c1cccc2cc[nH]c12. The molecule has 3 nitrogen and oxygen atoms in total. The van der Waals surface area contributed by atoms with E-state index in [4.69, 9.17) is 0 Å². The van der Waals surface area contributed by atoms with E-state index in [1.165, 1.54) is 5.56 Å². The maximum Gasteiger partial charge on any atom is 0.253 e. The van der Waals surface area contributed by atoms with Crippen LogP contribution in [0.4, 0.5) is 0 Å². The van der Waals surface area contributed by atoms with Crippen LogP contribution in [-0.4, -0.2) is 17.4 Å². The van der Waals surface area contributed by atoms with Gasteiger partial charge in [0.05, 0.1) is 11.1 Å². The minimum Gasteiger partial charge on any atom is -0.361 e. The third-order valence-corrected chi connectivity index (χ3v) is 3.37. The molecule has 0 unspecified atom stereocenters. The number of hydrogen-bond acceptors (Lipinski definition) is 1. The average Bonchev–Trinajstić information content (AvgIpc) is 2.96. The number of amides is 1. The first-order chi connectivity index (χ1) is 9.84. The molecular formula is C17H16N2O. The van der Waals surface area contributed by atoms with Crippen LogP contribution in [0.2, 0.25) is 0 Å². The van der Waals surface area contributed by atoms with Gasteiger partial charge in [-0.2, -0.15) is 0 Å². The second kappa shape index (κ2) is 5.61. The molecule has 0 aliphatic carbocycles. The van der Waals surface area contributed by atoms with Crippen molar-refractivity contribution in [3.63, 3.8) is 0 Å². The van der Waals surface area contributed by atoms with Gasteiger partial charge in [0.2, 0.25) is 0 Å². The fourth-order valence-corrected chi connectivity index (χ4v) is 2.33. The van der Waals surface area contributed by atoms with Gasteiger partial charge in [-0.15, -0.1) is 0 Å². The summed E-state index contributed by atoms with van der Waals surface area (Å²) >= 11 is 0. The number of aromatic nitrogens is 1. The molecule has 0 atom stereocenters. The number of aromatic amines is 1. The molecule has 0 saturated carbocycles. The van der Waals surface area contributed by atoms with Crippen LogP contribution in [0.25, 0.3) is 10.9 Å². The molecule has 1 amide bonds. The van der Waals surface area contributed by atoms with E-state index >= 15 is 0 Å². The van der Waals surface area contributed by atoms with E-state index in [9.17, 15) is 4.79 Å². The van der Waals surface area contributed by atoms with Crippen molar-refractivity contribution in [2.24, 2.45) is 0 Å². The van der Waals surface area contributed by atoms with Crippen LogP contribution in [0, 0.1) is 0 Å². The zero-order valence-corrected chi connectivity index (χ0v) is 11.1. The van der Waals surface area contributed by atoms with Crippen molar-refractivity contribution in [3.05, 3.63) is 71.9 Å².